The zero-order valence-corrected chi connectivity index (χ0v) is 12.3. The normalized spacial score (nSPS) is 11.7. The van der Waals surface area contributed by atoms with Gasteiger partial charge in [0.15, 0.2) is 0 Å². The summed E-state index contributed by atoms with van der Waals surface area (Å²) in [4.78, 5) is 14.0. The van der Waals surface area contributed by atoms with Crippen molar-refractivity contribution >= 4 is 17.2 Å². The summed E-state index contributed by atoms with van der Waals surface area (Å²) in [5.74, 6) is -0.674. The molecule has 0 aliphatic carbocycles. The van der Waals surface area contributed by atoms with E-state index in [0.29, 0.717) is 9.78 Å². The number of nitrogens with zero attached hydrogens (tertiary/aromatic N) is 1. The Morgan fingerprint density at radius 3 is 2.60 bits per heavy atom. The molecule has 0 bridgehead atoms. The molecule has 1 heterocycles. The van der Waals surface area contributed by atoms with Crippen molar-refractivity contribution in [2.75, 3.05) is 19.7 Å². The predicted octanol–water partition coefficient (Wildman–Crippen LogP) is 3.01. The van der Waals surface area contributed by atoms with Crippen LogP contribution in [-0.2, 0) is 6.42 Å². The minimum absolute atomic E-state index is 0.295. The van der Waals surface area contributed by atoms with E-state index in [1.807, 2.05) is 13.8 Å². The summed E-state index contributed by atoms with van der Waals surface area (Å²) in [6, 6.07) is 1.66. The standard InChI is InChI=1S/C13H18F3NO2S/c1-3-4-10-7-11(20-9(10)2)12(19)17(5-6-18)8-13(14,15)16/h7,18H,3-6,8H2,1-2H3. The van der Waals surface area contributed by atoms with Gasteiger partial charge in [-0.15, -0.1) is 11.3 Å². The fraction of sp³-hybridized carbons (Fsp3) is 0.615. The smallest absolute Gasteiger partial charge is 0.395 e. The van der Waals surface area contributed by atoms with Crippen molar-refractivity contribution in [1.29, 1.82) is 0 Å². The Labute approximate surface area is 120 Å². The zero-order chi connectivity index (χ0) is 15.3. The van der Waals surface area contributed by atoms with Crippen LogP contribution in [0.15, 0.2) is 6.07 Å². The van der Waals surface area contributed by atoms with Crippen molar-refractivity contribution < 1.29 is 23.1 Å². The summed E-state index contributed by atoms with van der Waals surface area (Å²) in [7, 11) is 0. The molecule has 0 unspecified atom stereocenters. The maximum absolute atomic E-state index is 12.4. The van der Waals surface area contributed by atoms with E-state index in [9.17, 15) is 18.0 Å². The van der Waals surface area contributed by atoms with Gasteiger partial charge in [0.2, 0.25) is 0 Å². The number of thiophene rings is 1. The first kappa shape index (κ1) is 17.0. The SMILES string of the molecule is CCCc1cc(C(=O)N(CCO)CC(F)(F)F)sc1C. The highest BCUT2D eigenvalue weighted by Crippen LogP contribution is 2.25. The highest BCUT2D eigenvalue weighted by molar-refractivity contribution is 7.14. The lowest BCUT2D eigenvalue weighted by atomic mass is 10.1. The number of halogens is 3. The van der Waals surface area contributed by atoms with Gasteiger partial charge >= 0.3 is 6.18 Å². The first-order chi connectivity index (χ1) is 9.28. The molecule has 20 heavy (non-hydrogen) atoms. The number of hydrogen-bond donors (Lipinski definition) is 1. The molecule has 0 spiro atoms. The molecule has 0 aliphatic heterocycles. The van der Waals surface area contributed by atoms with Crippen LogP contribution >= 0.6 is 11.3 Å². The summed E-state index contributed by atoms with van der Waals surface area (Å²) in [5.41, 5.74) is 0.997. The second-order valence-corrected chi connectivity index (χ2v) is 5.76. The lowest BCUT2D eigenvalue weighted by Crippen LogP contribution is -2.40. The van der Waals surface area contributed by atoms with Gasteiger partial charge < -0.3 is 10.0 Å². The van der Waals surface area contributed by atoms with Gasteiger partial charge in [0.25, 0.3) is 5.91 Å². The van der Waals surface area contributed by atoms with E-state index >= 15 is 0 Å². The van der Waals surface area contributed by atoms with Crippen LogP contribution in [0.4, 0.5) is 13.2 Å². The molecule has 0 radical (unpaired) electrons. The van der Waals surface area contributed by atoms with Gasteiger partial charge in [-0.25, -0.2) is 0 Å². The molecule has 0 saturated heterocycles. The lowest BCUT2D eigenvalue weighted by molar-refractivity contribution is -0.141. The molecule has 3 nitrogen and oxygen atoms in total. The molecule has 0 aromatic carbocycles. The molecule has 1 amide bonds. The Bertz CT molecular complexity index is 457. The van der Waals surface area contributed by atoms with E-state index in [2.05, 4.69) is 0 Å². The van der Waals surface area contributed by atoms with Gasteiger partial charge in [-0.2, -0.15) is 13.2 Å². The van der Waals surface area contributed by atoms with E-state index in [0.717, 1.165) is 23.3 Å². The number of aliphatic hydroxyl groups is 1. The van der Waals surface area contributed by atoms with Crippen LogP contribution in [0.5, 0.6) is 0 Å². The Hall–Kier alpha value is -1.08. The Morgan fingerprint density at radius 2 is 2.10 bits per heavy atom. The van der Waals surface area contributed by atoms with Crippen molar-refractivity contribution in [3.05, 3.63) is 21.4 Å². The van der Waals surface area contributed by atoms with Gasteiger partial charge in [-0.1, -0.05) is 13.3 Å². The Balaban J connectivity index is 2.91. The average molecular weight is 309 g/mol. The molecule has 114 valence electrons. The van der Waals surface area contributed by atoms with Crippen LogP contribution in [-0.4, -0.2) is 41.8 Å². The molecular weight excluding hydrogens is 291 g/mol. The number of carbonyl (C=O) groups is 1. The highest BCUT2D eigenvalue weighted by Gasteiger charge is 2.33. The number of hydrogen-bond acceptors (Lipinski definition) is 3. The highest BCUT2D eigenvalue weighted by atomic mass is 32.1. The van der Waals surface area contributed by atoms with Gasteiger partial charge in [0.1, 0.15) is 6.54 Å². The van der Waals surface area contributed by atoms with E-state index < -0.39 is 25.2 Å². The van der Waals surface area contributed by atoms with E-state index in [4.69, 9.17) is 5.11 Å². The number of rotatable bonds is 6. The van der Waals surface area contributed by atoms with Gasteiger partial charge in [-0.05, 0) is 25.0 Å². The third-order valence-electron chi connectivity index (χ3n) is 2.78. The first-order valence-electron chi connectivity index (χ1n) is 6.34. The van der Waals surface area contributed by atoms with Crippen LogP contribution in [0.1, 0.15) is 33.5 Å². The van der Waals surface area contributed by atoms with E-state index in [-0.39, 0.29) is 6.54 Å². The van der Waals surface area contributed by atoms with Crippen LogP contribution in [0.2, 0.25) is 0 Å². The minimum atomic E-state index is -4.47. The zero-order valence-electron chi connectivity index (χ0n) is 11.5. The van der Waals surface area contributed by atoms with Gasteiger partial charge in [-0.3, -0.25) is 4.79 Å². The fourth-order valence-corrected chi connectivity index (χ4v) is 2.93. The molecule has 0 fully saturated rings. The van der Waals surface area contributed by atoms with Crippen LogP contribution in [0.3, 0.4) is 0 Å². The van der Waals surface area contributed by atoms with Crippen LogP contribution in [0, 0.1) is 6.92 Å². The number of alkyl halides is 3. The van der Waals surface area contributed by atoms with Crippen molar-refractivity contribution in [2.24, 2.45) is 0 Å². The average Bonchev–Trinajstić information content (AvgIpc) is 2.68. The van der Waals surface area contributed by atoms with Crippen LogP contribution < -0.4 is 0 Å². The largest absolute Gasteiger partial charge is 0.406 e. The lowest BCUT2D eigenvalue weighted by Gasteiger charge is -2.22. The molecule has 1 rings (SSSR count). The minimum Gasteiger partial charge on any atom is -0.395 e. The second-order valence-electron chi connectivity index (χ2n) is 4.51. The van der Waals surface area contributed by atoms with Crippen molar-refractivity contribution in [1.82, 2.24) is 4.90 Å². The molecule has 7 heteroatoms. The predicted molar refractivity (Wildman–Crippen MR) is 72.1 cm³/mol. The molecule has 1 N–H and O–H groups in total. The third kappa shape index (κ3) is 4.79. The summed E-state index contributed by atoms with van der Waals surface area (Å²) < 4.78 is 37.3. The maximum Gasteiger partial charge on any atom is 0.406 e. The van der Waals surface area contributed by atoms with Crippen molar-refractivity contribution in [3.8, 4) is 0 Å². The number of amides is 1. The number of carbonyl (C=O) groups excluding carboxylic acids is 1. The summed E-state index contributed by atoms with van der Waals surface area (Å²) in [6.07, 6.45) is -2.76. The fourth-order valence-electron chi connectivity index (χ4n) is 1.89. The maximum atomic E-state index is 12.4. The summed E-state index contributed by atoms with van der Waals surface area (Å²) in [6.45, 7) is 1.70. The van der Waals surface area contributed by atoms with Crippen LogP contribution in [0.25, 0.3) is 0 Å². The topological polar surface area (TPSA) is 40.5 Å². The van der Waals surface area contributed by atoms with Gasteiger partial charge in [0.05, 0.1) is 11.5 Å². The second kappa shape index (κ2) is 7.08. The third-order valence-corrected chi connectivity index (χ3v) is 3.86. The van der Waals surface area contributed by atoms with Crippen molar-refractivity contribution in [3.63, 3.8) is 0 Å². The van der Waals surface area contributed by atoms with E-state index in [1.54, 1.807) is 6.07 Å². The Kier molecular flexibility index (Phi) is 6.01. The molecule has 1 aromatic rings. The summed E-state index contributed by atoms with van der Waals surface area (Å²) >= 11 is 1.20. The number of aryl methyl sites for hydroxylation is 2. The molecule has 0 saturated carbocycles. The van der Waals surface area contributed by atoms with Crippen molar-refractivity contribution in [2.45, 2.75) is 32.9 Å². The Morgan fingerprint density at radius 1 is 1.45 bits per heavy atom. The first-order valence-corrected chi connectivity index (χ1v) is 7.16. The molecule has 0 aliphatic rings. The molecular formula is C13H18F3NO2S. The summed E-state index contributed by atoms with van der Waals surface area (Å²) in [5, 5.41) is 8.82. The quantitative estimate of drug-likeness (QED) is 0.877. The monoisotopic (exact) mass is 309 g/mol. The number of aliphatic hydroxyl groups excluding tert-OH is 1. The molecule has 0 atom stereocenters. The molecule has 1 aromatic heterocycles. The van der Waals surface area contributed by atoms with Gasteiger partial charge in [0, 0.05) is 11.4 Å². The van der Waals surface area contributed by atoms with E-state index in [1.165, 1.54) is 11.3 Å².